The number of hydrogen-bond acceptors (Lipinski definition) is 2. The van der Waals surface area contributed by atoms with Crippen molar-refractivity contribution < 1.29 is 0 Å². The van der Waals surface area contributed by atoms with Crippen LogP contribution in [0.1, 0.15) is 25.3 Å². The lowest BCUT2D eigenvalue weighted by molar-refractivity contribution is 0.867. The topological polar surface area (TPSA) is 52.0 Å². The Morgan fingerprint density at radius 3 is 2.12 bits per heavy atom. The third-order valence-electron chi connectivity index (χ3n) is 3.03. The third-order valence-corrected chi connectivity index (χ3v) is 3.03. The molecule has 0 unspecified atom stereocenters. The smallest absolute Gasteiger partial charge is 0.0627 e. The molecule has 2 aromatic rings. The van der Waals surface area contributed by atoms with Gasteiger partial charge in [0, 0.05) is 5.56 Å². The molecule has 0 bridgehead atoms. The van der Waals surface area contributed by atoms with Gasteiger partial charge in [-0.3, -0.25) is 0 Å². The Morgan fingerprint density at radius 1 is 0.882 bits per heavy atom. The molecule has 88 valence electrons. The highest BCUT2D eigenvalue weighted by Gasteiger charge is 2.05. The molecule has 0 aliphatic heterocycles. The summed E-state index contributed by atoms with van der Waals surface area (Å²) in [5.41, 5.74) is 16.5. The van der Waals surface area contributed by atoms with E-state index in [2.05, 4.69) is 38.1 Å². The molecule has 0 aromatic heterocycles. The molecule has 0 saturated heterocycles. The van der Waals surface area contributed by atoms with Gasteiger partial charge in [-0.05, 0) is 23.1 Å². The third kappa shape index (κ3) is 2.26. The Balaban J connectivity index is 2.43. The average molecular weight is 226 g/mol. The first-order chi connectivity index (χ1) is 8.09. The number of nitrogens with two attached hydrogens (primary N) is 2. The number of rotatable bonds is 2. The molecule has 0 saturated carbocycles. The lowest BCUT2D eigenvalue weighted by Gasteiger charge is -2.10. The van der Waals surface area contributed by atoms with Crippen LogP contribution in [0.25, 0.3) is 11.1 Å². The standard InChI is InChI=1S/C15H18N2/c1-10(2)11-6-8-12(9-7-11)13-4-3-5-14(16)15(13)17/h3-10H,16-17H2,1-2H3. The first-order valence-electron chi connectivity index (χ1n) is 5.84. The summed E-state index contributed by atoms with van der Waals surface area (Å²) >= 11 is 0. The number of anilines is 2. The monoisotopic (exact) mass is 226 g/mol. The SMILES string of the molecule is CC(C)c1ccc(-c2cccc(N)c2N)cc1. The van der Waals surface area contributed by atoms with Gasteiger partial charge in [0.1, 0.15) is 0 Å². The van der Waals surface area contributed by atoms with Crippen molar-refractivity contribution in [3.05, 3.63) is 48.0 Å². The number of benzene rings is 2. The van der Waals surface area contributed by atoms with E-state index in [1.807, 2.05) is 18.2 Å². The van der Waals surface area contributed by atoms with Crippen molar-refractivity contribution in [3.63, 3.8) is 0 Å². The van der Waals surface area contributed by atoms with Gasteiger partial charge in [-0.15, -0.1) is 0 Å². The van der Waals surface area contributed by atoms with Crippen molar-refractivity contribution in [1.29, 1.82) is 0 Å². The molecular formula is C15H18N2. The quantitative estimate of drug-likeness (QED) is 0.768. The van der Waals surface area contributed by atoms with Crippen LogP contribution in [0, 0.1) is 0 Å². The van der Waals surface area contributed by atoms with E-state index in [0.29, 0.717) is 17.3 Å². The Kier molecular flexibility index (Phi) is 3.05. The van der Waals surface area contributed by atoms with E-state index in [0.717, 1.165) is 11.1 Å². The molecule has 0 fully saturated rings. The number of hydrogen-bond donors (Lipinski definition) is 2. The lowest BCUT2D eigenvalue weighted by Crippen LogP contribution is -1.97. The van der Waals surface area contributed by atoms with Gasteiger partial charge >= 0.3 is 0 Å². The van der Waals surface area contributed by atoms with E-state index >= 15 is 0 Å². The van der Waals surface area contributed by atoms with Gasteiger partial charge in [0.15, 0.2) is 0 Å². The maximum atomic E-state index is 5.99. The van der Waals surface area contributed by atoms with E-state index in [4.69, 9.17) is 11.5 Å². The number of nitrogen functional groups attached to an aromatic ring is 2. The van der Waals surface area contributed by atoms with Crippen LogP contribution < -0.4 is 11.5 Å². The fraction of sp³-hybridized carbons (Fsp3) is 0.200. The Hall–Kier alpha value is -1.96. The maximum Gasteiger partial charge on any atom is 0.0627 e. The summed E-state index contributed by atoms with van der Waals surface area (Å²) in [6, 6.07) is 14.2. The highest BCUT2D eigenvalue weighted by Crippen LogP contribution is 2.30. The summed E-state index contributed by atoms with van der Waals surface area (Å²) in [6.07, 6.45) is 0. The maximum absolute atomic E-state index is 5.99. The van der Waals surface area contributed by atoms with E-state index in [-0.39, 0.29) is 0 Å². The summed E-state index contributed by atoms with van der Waals surface area (Å²) in [6.45, 7) is 4.37. The van der Waals surface area contributed by atoms with Crippen LogP contribution in [0.2, 0.25) is 0 Å². The fourth-order valence-corrected chi connectivity index (χ4v) is 1.88. The molecule has 0 aliphatic rings. The van der Waals surface area contributed by atoms with Crippen LogP contribution in [0.15, 0.2) is 42.5 Å². The summed E-state index contributed by atoms with van der Waals surface area (Å²) < 4.78 is 0. The molecule has 0 radical (unpaired) electrons. The zero-order valence-electron chi connectivity index (χ0n) is 10.3. The zero-order valence-corrected chi connectivity index (χ0v) is 10.3. The minimum Gasteiger partial charge on any atom is -0.397 e. The first-order valence-corrected chi connectivity index (χ1v) is 5.84. The lowest BCUT2D eigenvalue weighted by atomic mass is 9.97. The highest BCUT2D eigenvalue weighted by molar-refractivity contribution is 5.84. The zero-order chi connectivity index (χ0) is 12.4. The second-order valence-electron chi connectivity index (χ2n) is 4.59. The molecule has 0 heterocycles. The molecule has 17 heavy (non-hydrogen) atoms. The van der Waals surface area contributed by atoms with Crippen molar-refractivity contribution in [2.75, 3.05) is 11.5 Å². The normalized spacial score (nSPS) is 10.8. The van der Waals surface area contributed by atoms with Crippen molar-refractivity contribution >= 4 is 11.4 Å². The molecular weight excluding hydrogens is 208 g/mol. The summed E-state index contributed by atoms with van der Waals surface area (Å²) in [4.78, 5) is 0. The number of para-hydroxylation sites is 1. The molecule has 2 rings (SSSR count). The van der Waals surface area contributed by atoms with Gasteiger partial charge in [0.2, 0.25) is 0 Å². The molecule has 0 amide bonds. The van der Waals surface area contributed by atoms with E-state index < -0.39 is 0 Å². The Bertz CT molecular complexity index is 513. The molecule has 0 spiro atoms. The predicted octanol–water partition coefficient (Wildman–Crippen LogP) is 3.64. The molecule has 2 aromatic carbocycles. The van der Waals surface area contributed by atoms with Crippen molar-refractivity contribution in [3.8, 4) is 11.1 Å². The molecule has 2 heteroatoms. The van der Waals surface area contributed by atoms with Gasteiger partial charge in [-0.1, -0.05) is 50.2 Å². The van der Waals surface area contributed by atoms with Crippen molar-refractivity contribution in [2.45, 2.75) is 19.8 Å². The van der Waals surface area contributed by atoms with Crippen molar-refractivity contribution in [1.82, 2.24) is 0 Å². The minimum atomic E-state index is 0.544. The van der Waals surface area contributed by atoms with Gasteiger partial charge in [-0.2, -0.15) is 0 Å². The molecule has 0 atom stereocenters. The van der Waals surface area contributed by atoms with Gasteiger partial charge in [-0.25, -0.2) is 0 Å². The minimum absolute atomic E-state index is 0.544. The Morgan fingerprint density at radius 2 is 1.53 bits per heavy atom. The van der Waals surface area contributed by atoms with Gasteiger partial charge in [0.25, 0.3) is 0 Å². The molecule has 4 N–H and O–H groups in total. The summed E-state index contributed by atoms with van der Waals surface area (Å²) in [5, 5.41) is 0. The van der Waals surface area contributed by atoms with Crippen LogP contribution >= 0.6 is 0 Å². The van der Waals surface area contributed by atoms with Gasteiger partial charge in [0.05, 0.1) is 11.4 Å². The van der Waals surface area contributed by atoms with Crippen LogP contribution in [0.3, 0.4) is 0 Å². The average Bonchev–Trinajstić information content (AvgIpc) is 2.33. The van der Waals surface area contributed by atoms with E-state index in [1.54, 1.807) is 0 Å². The molecule has 0 aliphatic carbocycles. The van der Waals surface area contributed by atoms with Crippen molar-refractivity contribution in [2.24, 2.45) is 0 Å². The van der Waals surface area contributed by atoms with E-state index in [9.17, 15) is 0 Å². The van der Waals surface area contributed by atoms with Gasteiger partial charge < -0.3 is 11.5 Å². The van der Waals surface area contributed by atoms with Crippen LogP contribution in [0.5, 0.6) is 0 Å². The second-order valence-corrected chi connectivity index (χ2v) is 4.59. The molecule has 2 nitrogen and oxygen atoms in total. The summed E-state index contributed by atoms with van der Waals surface area (Å²) in [7, 11) is 0. The van der Waals surface area contributed by atoms with Crippen LogP contribution in [-0.4, -0.2) is 0 Å². The first kappa shape index (κ1) is 11.5. The van der Waals surface area contributed by atoms with Crippen LogP contribution in [-0.2, 0) is 0 Å². The summed E-state index contributed by atoms with van der Waals surface area (Å²) in [5.74, 6) is 0.544. The highest BCUT2D eigenvalue weighted by atomic mass is 14.7. The fourth-order valence-electron chi connectivity index (χ4n) is 1.88. The van der Waals surface area contributed by atoms with Crippen LogP contribution in [0.4, 0.5) is 11.4 Å². The Labute approximate surface area is 102 Å². The van der Waals surface area contributed by atoms with E-state index in [1.165, 1.54) is 5.56 Å². The predicted molar refractivity (Wildman–Crippen MR) is 74.8 cm³/mol. The largest absolute Gasteiger partial charge is 0.397 e. The second kappa shape index (κ2) is 4.50.